The van der Waals surface area contributed by atoms with E-state index in [1.54, 1.807) is 11.8 Å². The molecule has 1 amide bonds. The Labute approximate surface area is 142 Å². The van der Waals surface area contributed by atoms with E-state index in [-0.39, 0.29) is 16.6 Å². The van der Waals surface area contributed by atoms with E-state index in [1.807, 2.05) is 18.2 Å². The number of amides is 1. The van der Waals surface area contributed by atoms with Crippen LogP contribution in [-0.4, -0.2) is 11.2 Å². The van der Waals surface area contributed by atoms with Gasteiger partial charge in [0.2, 0.25) is 5.91 Å². The molecule has 0 saturated heterocycles. The van der Waals surface area contributed by atoms with Crippen molar-refractivity contribution in [2.45, 2.75) is 49.7 Å². The van der Waals surface area contributed by atoms with Gasteiger partial charge in [-0.25, -0.2) is 0 Å². The summed E-state index contributed by atoms with van der Waals surface area (Å²) in [5.41, 5.74) is 4.63. The van der Waals surface area contributed by atoms with Crippen LogP contribution in [0.5, 0.6) is 0 Å². The third-order valence-electron chi connectivity index (χ3n) is 4.18. The van der Waals surface area contributed by atoms with Crippen molar-refractivity contribution in [1.82, 2.24) is 0 Å². The number of aryl methyl sites for hydroxylation is 1. The fourth-order valence-electron chi connectivity index (χ4n) is 2.94. The van der Waals surface area contributed by atoms with Crippen molar-refractivity contribution in [1.29, 1.82) is 0 Å². The van der Waals surface area contributed by atoms with Crippen molar-refractivity contribution < 1.29 is 4.79 Å². The zero-order valence-electron chi connectivity index (χ0n) is 14.1. The van der Waals surface area contributed by atoms with Crippen molar-refractivity contribution in [2.75, 3.05) is 5.32 Å². The maximum Gasteiger partial charge on any atom is 0.238 e. The number of carbonyl (C=O) groups excluding carboxylic acids is 1. The first-order valence-electron chi connectivity index (χ1n) is 8.01. The number of hydrogen-bond donors (Lipinski definition) is 1. The summed E-state index contributed by atoms with van der Waals surface area (Å²) in [7, 11) is 0. The molecular weight excluding hydrogens is 302 g/mol. The lowest BCUT2D eigenvalue weighted by Gasteiger charge is -2.23. The SMILES string of the molecule is Cc1ccc2c(c1)S[C@H](C(=O)Nc1ccccc1C(C)(C)C)C2. The standard InChI is InChI=1S/C20H23NOS/c1-13-9-10-14-12-18(23-17(14)11-13)19(22)21-16-8-6-5-7-15(16)20(2,3)4/h5-11,18H,12H2,1-4H3,(H,21,22)/t18-/m0/s1. The number of para-hydroxylation sites is 1. The van der Waals surface area contributed by atoms with Gasteiger partial charge in [-0.1, -0.05) is 56.7 Å². The van der Waals surface area contributed by atoms with Crippen molar-refractivity contribution in [3.63, 3.8) is 0 Å². The van der Waals surface area contributed by atoms with Gasteiger partial charge in [0.15, 0.2) is 0 Å². The highest BCUT2D eigenvalue weighted by Crippen LogP contribution is 2.38. The number of thioether (sulfide) groups is 1. The highest BCUT2D eigenvalue weighted by Gasteiger charge is 2.29. The van der Waals surface area contributed by atoms with Crippen LogP contribution in [0.3, 0.4) is 0 Å². The van der Waals surface area contributed by atoms with Crippen LogP contribution in [-0.2, 0) is 16.6 Å². The summed E-state index contributed by atoms with van der Waals surface area (Å²) in [5.74, 6) is 0.0977. The molecule has 120 valence electrons. The second-order valence-electron chi connectivity index (χ2n) is 7.21. The molecule has 0 bridgehead atoms. The van der Waals surface area contributed by atoms with E-state index in [0.29, 0.717) is 0 Å². The van der Waals surface area contributed by atoms with Gasteiger partial charge in [0.25, 0.3) is 0 Å². The first-order chi connectivity index (χ1) is 10.8. The van der Waals surface area contributed by atoms with Crippen molar-refractivity contribution in [3.8, 4) is 0 Å². The fraction of sp³-hybridized carbons (Fsp3) is 0.350. The second kappa shape index (κ2) is 6.04. The Bertz CT molecular complexity index is 746. The molecule has 0 spiro atoms. The van der Waals surface area contributed by atoms with Gasteiger partial charge in [-0.2, -0.15) is 0 Å². The first-order valence-corrected chi connectivity index (χ1v) is 8.89. The summed E-state index contributed by atoms with van der Waals surface area (Å²) in [6.07, 6.45) is 0.809. The zero-order valence-corrected chi connectivity index (χ0v) is 15.0. The maximum atomic E-state index is 12.7. The smallest absolute Gasteiger partial charge is 0.238 e. The molecule has 2 nitrogen and oxygen atoms in total. The van der Waals surface area contributed by atoms with Gasteiger partial charge < -0.3 is 5.32 Å². The molecule has 0 aromatic heterocycles. The number of rotatable bonds is 2. The Morgan fingerprint density at radius 3 is 2.65 bits per heavy atom. The molecule has 3 heteroatoms. The molecular formula is C20H23NOS. The minimum Gasteiger partial charge on any atom is -0.325 e. The molecule has 0 unspecified atom stereocenters. The molecule has 0 fully saturated rings. The zero-order chi connectivity index (χ0) is 16.6. The first kappa shape index (κ1) is 16.1. The van der Waals surface area contributed by atoms with E-state index >= 15 is 0 Å². The van der Waals surface area contributed by atoms with Gasteiger partial charge >= 0.3 is 0 Å². The predicted molar refractivity (Wildman–Crippen MR) is 98.3 cm³/mol. The molecule has 0 saturated carbocycles. The lowest BCUT2D eigenvalue weighted by atomic mass is 9.86. The maximum absolute atomic E-state index is 12.7. The number of fused-ring (bicyclic) bond motifs is 1. The largest absolute Gasteiger partial charge is 0.325 e. The lowest BCUT2D eigenvalue weighted by molar-refractivity contribution is -0.115. The van der Waals surface area contributed by atoms with Crippen LogP contribution in [0.25, 0.3) is 0 Å². The van der Waals surface area contributed by atoms with Crippen molar-refractivity contribution in [3.05, 3.63) is 59.2 Å². The van der Waals surface area contributed by atoms with Crippen molar-refractivity contribution in [2.24, 2.45) is 0 Å². The highest BCUT2D eigenvalue weighted by atomic mass is 32.2. The molecule has 1 atom stereocenters. The van der Waals surface area contributed by atoms with Crippen LogP contribution in [0.1, 0.15) is 37.5 Å². The quantitative estimate of drug-likeness (QED) is 0.846. The average Bonchev–Trinajstić information content (AvgIpc) is 2.89. The molecule has 2 aromatic carbocycles. The minimum atomic E-state index is -0.0418. The molecule has 1 aliphatic rings. The third-order valence-corrected chi connectivity index (χ3v) is 5.48. The van der Waals surface area contributed by atoms with E-state index in [4.69, 9.17) is 0 Å². The Morgan fingerprint density at radius 1 is 1.17 bits per heavy atom. The van der Waals surface area contributed by atoms with E-state index in [0.717, 1.165) is 12.1 Å². The van der Waals surface area contributed by atoms with Gasteiger partial charge in [0.1, 0.15) is 0 Å². The number of benzene rings is 2. The Balaban J connectivity index is 1.77. The second-order valence-corrected chi connectivity index (χ2v) is 8.45. The fourth-order valence-corrected chi connectivity index (χ4v) is 4.23. The lowest BCUT2D eigenvalue weighted by Crippen LogP contribution is -2.26. The topological polar surface area (TPSA) is 29.1 Å². The molecule has 23 heavy (non-hydrogen) atoms. The van der Waals surface area contributed by atoms with Gasteiger partial charge in [-0.15, -0.1) is 11.8 Å². The summed E-state index contributed by atoms with van der Waals surface area (Å²) in [5, 5.41) is 3.11. The van der Waals surface area contributed by atoms with Crippen LogP contribution < -0.4 is 5.32 Å². The number of anilines is 1. The molecule has 2 aromatic rings. The minimum absolute atomic E-state index is 0.00671. The summed E-state index contributed by atoms with van der Waals surface area (Å²) >= 11 is 1.68. The summed E-state index contributed by atoms with van der Waals surface area (Å²) < 4.78 is 0. The van der Waals surface area contributed by atoms with Gasteiger partial charge in [-0.05, 0) is 42.0 Å². The van der Waals surface area contributed by atoms with Gasteiger partial charge in [0.05, 0.1) is 5.25 Å². The third kappa shape index (κ3) is 3.45. The predicted octanol–water partition coefficient (Wildman–Crippen LogP) is 4.95. The van der Waals surface area contributed by atoms with Crippen LogP contribution >= 0.6 is 11.8 Å². The number of nitrogens with one attached hydrogen (secondary N) is 1. The average molecular weight is 325 g/mol. The van der Waals surface area contributed by atoms with E-state index in [1.165, 1.54) is 21.6 Å². The highest BCUT2D eigenvalue weighted by molar-refractivity contribution is 8.01. The number of carbonyl (C=O) groups is 1. The molecule has 1 heterocycles. The molecule has 0 radical (unpaired) electrons. The normalized spacial score (nSPS) is 17.0. The molecule has 1 aliphatic heterocycles. The Kier molecular flexibility index (Phi) is 4.24. The monoisotopic (exact) mass is 325 g/mol. The van der Waals surface area contributed by atoms with Crippen molar-refractivity contribution >= 4 is 23.4 Å². The summed E-state index contributed by atoms with van der Waals surface area (Å²) in [6.45, 7) is 8.59. The van der Waals surface area contributed by atoms with Gasteiger partial charge in [-0.3, -0.25) is 4.79 Å². The Morgan fingerprint density at radius 2 is 1.91 bits per heavy atom. The molecule has 3 rings (SSSR count). The summed E-state index contributed by atoms with van der Waals surface area (Å²) in [4.78, 5) is 14.0. The van der Waals surface area contributed by atoms with Gasteiger partial charge in [0, 0.05) is 10.6 Å². The van der Waals surface area contributed by atoms with E-state index in [9.17, 15) is 4.79 Å². The van der Waals surface area contributed by atoms with Crippen LogP contribution in [0.4, 0.5) is 5.69 Å². The van der Waals surface area contributed by atoms with Crippen LogP contribution in [0, 0.1) is 6.92 Å². The van der Waals surface area contributed by atoms with Crippen LogP contribution in [0.2, 0.25) is 0 Å². The van der Waals surface area contributed by atoms with Crippen LogP contribution in [0.15, 0.2) is 47.4 Å². The van der Waals surface area contributed by atoms with E-state index < -0.39 is 0 Å². The molecule has 0 aliphatic carbocycles. The Hall–Kier alpha value is -1.74. The van der Waals surface area contributed by atoms with E-state index in [2.05, 4.69) is 57.3 Å². The summed E-state index contributed by atoms with van der Waals surface area (Å²) in [6, 6.07) is 14.5. The molecule has 1 N–H and O–H groups in total. The number of hydrogen-bond acceptors (Lipinski definition) is 2.